The number of halogens is 2. The summed E-state index contributed by atoms with van der Waals surface area (Å²) in [6.07, 6.45) is -1.22. The molecule has 1 N–H and O–H groups in total. The van der Waals surface area contributed by atoms with Gasteiger partial charge in [0.2, 0.25) is 0 Å². The van der Waals surface area contributed by atoms with Gasteiger partial charge < -0.3 is 5.11 Å². The second-order valence-corrected chi connectivity index (χ2v) is 4.16. The van der Waals surface area contributed by atoms with Gasteiger partial charge in [-0.25, -0.2) is 8.78 Å². The Balaban J connectivity index is 2.32. The molecule has 0 aliphatic carbocycles. The Bertz CT molecular complexity index is 579. The molecule has 0 unspecified atom stereocenters. The molecule has 0 aromatic heterocycles. The number of hydrogen-bond acceptors (Lipinski definition) is 1. The van der Waals surface area contributed by atoms with E-state index in [0.29, 0.717) is 0 Å². The van der Waals surface area contributed by atoms with Crippen molar-refractivity contribution in [2.24, 2.45) is 0 Å². The molecule has 0 fully saturated rings. The van der Waals surface area contributed by atoms with Gasteiger partial charge in [-0.1, -0.05) is 36.4 Å². The topological polar surface area (TPSA) is 37.3 Å². The van der Waals surface area contributed by atoms with Crippen molar-refractivity contribution in [3.8, 4) is 0 Å². The average Bonchev–Trinajstić information content (AvgIpc) is 2.36. The van der Waals surface area contributed by atoms with Crippen LogP contribution in [-0.4, -0.2) is 11.1 Å². The lowest BCUT2D eigenvalue weighted by molar-refractivity contribution is -0.139. The maximum Gasteiger partial charge on any atom is 0.303 e. The first-order valence-corrected chi connectivity index (χ1v) is 5.58. The zero-order valence-corrected chi connectivity index (χ0v) is 9.57. The van der Waals surface area contributed by atoms with Crippen molar-refractivity contribution in [2.45, 2.75) is 18.8 Å². The number of carboxylic acid groups (broad SMARTS) is 1. The molecule has 18 heavy (non-hydrogen) atoms. The van der Waals surface area contributed by atoms with Gasteiger partial charge in [-0.15, -0.1) is 0 Å². The van der Waals surface area contributed by atoms with E-state index in [-0.39, 0.29) is 5.56 Å². The van der Waals surface area contributed by atoms with E-state index < -0.39 is 24.7 Å². The van der Waals surface area contributed by atoms with E-state index in [1.165, 1.54) is 12.1 Å². The summed E-state index contributed by atoms with van der Waals surface area (Å²) >= 11 is 0. The number of aliphatic carboxylic acids is 1. The first-order chi connectivity index (χ1) is 8.49. The van der Waals surface area contributed by atoms with Gasteiger partial charge in [0, 0.05) is 12.0 Å². The summed E-state index contributed by atoms with van der Waals surface area (Å²) in [4.78, 5) is 10.4. The first kappa shape index (κ1) is 12.5. The van der Waals surface area contributed by atoms with Crippen molar-refractivity contribution in [2.75, 3.05) is 0 Å². The Morgan fingerprint density at radius 3 is 2.44 bits per heavy atom. The summed E-state index contributed by atoms with van der Waals surface area (Å²) in [7, 11) is 0. The third kappa shape index (κ3) is 2.64. The van der Waals surface area contributed by atoms with Crippen molar-refractivity contribution >= 4 is 16.7 Å². The number of carboxylic acids is 1. The highest BCUT2D eigenvalue weighted by molar-refractivity contribution is 5.83. The molecule has 2 aromatic rings. The molecule has 0 aliphatic rings. The minimum atomic E-state index is -3.11. The molecule has 94 valence electrons. The van der Waals surface area contributed by atoms with Gasteiger partial charge in [0.15, 0.2) is 0 Å². The molecule has 2 aromatic carbocycles. The Morgan fingerprint density at radius 2 is 1.78 bits per heavy atom. The van der Waals surface area contributed by atoms with Gasteiger partial charge in [0.1, 0.15) is 0 Å². The van der Waals surface area contributed by atoms with E-state index in [4.69, 9.17) is 5.11 Å². The van der Waals surface area contributed by atoms with Crippen LogP contribution in [0.1, 0.15) is 18.4 Å². The van der Waals surface area contributed by atoms with Crippen LogP contribution < -0.4 is 0 Å². The predicted molar refractivity (Wildman–Crippen MR) is 64.7 cm³/mol. The highest BCUT2D eigenvalue weighted by Crippen LogP contribution is 2.34. The van der Waals surface area contributed by atoms with Crippen molar-refractivity contribution in [3.63, 3.8) is 0 Å². The zero-order chi connectivity index (χ0) is 13.2. The second-order valence-electron chi connectivity index (χ2n) is 4.16. The summed E-state index contributed by atoms with van der Waals surface area (Å²) in [5, 5.41) is 10.1. The van der Waals surface area contributed by atoms with Crippen LogP contribution in [0.3, 0.4) is 0 Å². The Labute approximate surface area is 103 Å². The third-order valence-electron chi connectivity index (χ3n) is 2.82. The molecule has 0 amide bonds. The Morgan fingerprint density at radius 1 is 1.11 bits per heavy atom. The van der Waals surface area contributed by atoms with Crippen LogP contribution in [0.15, 0.2) is 42.5 Å². The molecule has 0 aliphatic heterocycles. The summed E-state index contributed by atoms with van der Waals surface area (Å²) in [6, 6.07) is 11.6. The lowest BCUT2D eigenvalue weighted by Gasteiger charge is -2.16. The average molecular weight is 250 g/mol. The standard InChI is InChI=1S/C14H12F2O2/c15-14(16,8-7-13(17)18)12-6-5-10-3-1-2-4-11(10)9-12/h1-6,9H,7-8H2,(H,17,18). The molecule has 2 rings (SSSR count). The lowest BCUT2D eigenvalue weighted by atomic mass is 10.00. The van der Waals surface area contributed by atoms with Crippen molar-refractivity contribution in [3.05, 3.63) is 48.0 Å². The van der Waals surface area contributed by atoms with Gasteiger partial charge in [0.05, 0.1) is 6.42 Å². The maximum atomic E-state index is 13.8. The van der Waals surface area contributed by atoms with Crippen molar-refractivity contribution in [1.82, 2.24) is 0 Å². The third-order valence-corrected chi connectivity index (χ3v) is 2.82. The first-order valence-electron chi connectivity index (χ1n) is 5.58. The van der Waals surface area contributed by atoms with Crippen LogP contribution in [0.4, 0.5) is 8.78 Å². The number of rotatable bonds is 4. The summed E-state index contributed by atoms with van der Waals surface area (Å²) in [6.45, 7) is 0. The van der Waals surface area contributed by atoms with Gasteiger partial charge in [-0.2, -0.15) is 0 Å². The lowest BCUT2D eigenvalue weighted by Crippen LogP contribution is -2.15. The molecular weight excluding hydrogens is 238 g/mol. The summed E-state index contributed by atoms with van der Waals surface area (Å²) < 4.78 is 27.6. The van der Waals surface area contributed by atoms with Crippen molar-refractivity contribution < 1.29 is 18.7 Å². The van der Waals surface area contributed by atoms with Gasteiger partial charge in [-0.05, 0) is 16.8 Å². The molecule has 0 heterocycles. The number of benzene rings is 2. The van der Waals surface area contributed by atoms with Gasteiger partial charge >= 0.3 is 5.97 Å². The number of fused-ring (bicyclic) bond motifs is 1. The molecule has 0 saturated heterocycles. The second kappa shape index (κ2) is 4.72. The zero-order valence-electron chi connectivity index (χ0n) is 9.57. The molecule has 0 atom stereocenters. The van der Waals surface area contributed by atoms with Crippen LogP contribution in [0.5, 0.6) is 0 Å². The van der Waals surface area contributed by atoms with E-state index >= 15 is 0 Å². The van der Waals surface area contributed by atoms with Gasteiger partial charge in [-0.3, -0.25) is 4.79 Å². The quantitative estimate of drug-likeness (QED) is 0.896. The minimum absolute atomic E-state index is 0.137. The van der Waals surface area contributed by atoms with Crippen LogP contribution in [0.2, 0.25) is 0 Å². The number of carbonyl (C=O) groups is 1. The van der Waals surface area contributed by atoms with Crippen LogP contribution >= 0.6 is 0 Å². The molecule has 0 radical (unpaired) electrons. The molecule has 0 spiro atoms. The van der Waals surface area contributed by atoms with Crippen LogP contribution in [0.25, 0.3) is 10.8 Å². The Kier molecular flexibility index (Phi) is 3.28. The SMILES string of the molecule is O=C(O)CCC(F)(F)c1ccc2ccccc2c1. The van der Waals surface area contributed by atoms with E-state index in [1.54, 1.807) is 18.2 Å². The van der Waals surface area contributed by atoms with E-state index in [1.807, 2.05) is 12.1 Å². The summed E-state index contributed by atoms with van der Waals surface area (Å²) in [5.41, 5.74) is -0.137. The van der Waals surface area contributed by atoms with E-state index in [9.17, 15) is 13.6 Å². The fourth-order valence-electron chi connectivity index (χ4n) is 1.83. The molecular formula is C14H12F2O2. The molecule has 2 nitrogen and oxygen atoms in total. The monoisotopic (exact) mass is 250 g/mol. The smallest absolute Gasteiger partial charge is 0.303 e. The molecule has 0 saturated carbocycles. The summed E-state index contributed by atoms with van der Waals surface area (Å²) in [5.74, 6) is -4.32. The van der Waals surface area contributed by atoms with Crippen LogP contribution in [0, 0.1) is 0 Å². The molecule has 4 heteroatoms. The van der Waals surface area contributed by atoms with Crippen molar-refractivity contribution in [1.29, 1.82) is 0 Å². The fourth-order valence-corrected chi connectivity index (χ4v) is 1.83. The largest absolute Gasteiger partial charge is 0.481 e. The normalized spacial score (nSPS) is 11.7. The minimum Gasteiger partial charge on any atom is -0.481 e. The van der Waals surface area contributed by atoms with E-state index in [2.05, 4.69) is 0 Å². The maximum absolute atomic E-state index is 13.8. The highest BCUT2D eigenvalue weighted by Gasteiger charge is 2.31. The number of alkyl halides is 2. The predicted octanol–water partition coefficient (Wildman–Crippen LogP) is 3.80. The highest BCUT2D eigenvalue weighted by atomic mass is 19.3. The fraction of sp³-hybridized carbons (Fsp3) is 0.214. The number of hydrogen-bond donors (Lipinski definition) is 1. The molecule has 0 bridgehead atoms. The van der Waals surface area contributed by atoms with E-state index in [0.717, 1.165) is 10.8 Å². The van der Waals surface area contributed by atoms with Crippen LogP contribution in [-0.2, 0) is 10.7 Å². The van der Waals surface area contributed by atoms with Gasteiger partial charge in [0.25, 0.3) is 5.92 Å². The Hall–Kier alpha value is -1.97.